The van der Waals surface area contributed by atoms with Gasteiger partial charge in [-0.25, -0.2) is 4.98 Å². The van der Waals surface area contributed by atoms with E-state index in [0.717, 1.165) is 25.7 Å². The zero-order valence-corrected chi connectivity index (χ0v) is 11.9. The average Bonchev–Trinajstić information content (AvgIpc) is 2.53. The van der Waals surface area contributed by atoms with E-state index in [1.807, 2.05) is 0 Å². The fraction of sp³-hybridized carbons (Fsp3) is 0.692. The Hall–Kier alpha value is -1.92. The lowest BCUT2D eigenvalue weighted by Gasteiger charge is -2.17. The highest BCUT2D eigenvalue weighted by molar-refractivity contribution is 5.60. The molecule has 1 heterocycles. The van der Waals surface area contributed by atoms with Gasteiger partial charge in [0.05, 0.1) is 4.92 Å². The summed E-state index contributed by atoms with van der Waals surface area (Å²) in [4.78, 5) is 18.6. The van der Waals surface area contributed by atoms with Crippen LogP contribution in [0, 0.1) is 23.0 Å². The van der Waals surface area contributed by atoms with Crippen molar-refractivity contribution in [3.8, 4) is 0 Å². The number of aryl methyl sites for hydroxylation is 1. The molecule has 0 saturated heterocycles. The van der Waals surface area contributed by atoms with Crippen molar-refractivity contribution in [3.63, 3.8) is 0 Å². The number of nitrogen functional groups attached to an aromatic ring is 1. The lowest BCUT2D eigenvalue weighted by atomic mass is 10.0. The number of nitrogens with one attached hydrogen (secondary N) is 1. The first-order chi connectivity index (χ1) is 9.47. The van der Waals surface area contributed by atoms with E-state index in [2.05, 4.69) is 22.2 Å². The first-order valence-corrected chi connectivity index (χ1v) is 7.02. The summed E-state index contributed by atoms with van der Waals surface area (Å²) in [5.74, 6) is 1.03. The maximum atomic E-state index is 11.2. The van der Waals surface area contributed by atoms with Crippen molar-refractivity contribution in [2.75, 3.05) is 11.1 Å². The molecule has 1 aliphatic rings. The van der Waals surface area contributed by atoms with Crippen LogP contribution in [0.2, 0.25) is 0 Å². The van der Waals surface area contributed by atoms with Gasteiger partial charge in [-0.1, -0.05) is 19.8 Å². The van der Waals surface area contributed by atoms with Crippen molar-refractivity contribution >= 4 is 17.5 Å². The number of hydrogen-bond donors (Lipinski definition) is 2. The number of nitrogens with zero attached hydrogens (tertiary/aromatic N) is 3. The van der Waals surface area contributed by atoms with Crippen LogP contribution in [0.3, 0.4) is 0 Å². The Labute approximate surface area is 118 Å². The fourth-order valence-electron chi connectivity index (χ4n) is 2.73. The minimum absolute atomic E-state index is 0.0672. The number of nitrogens with two attached hydrogens (primary N) is 1. The molecule has 2 rings (SSSR count). The van der Waals surface area contributed by atoms with E-state index < -0.39 is 4.92 Å². The van der Waals surface area contributed by atoms with Crippen molar-refractivity contribution in [3.05, 3.63) is 15.8 Å². The maximum absolute atomic E-state index is 11.2. The molecule has 7 heteroatoms. The molecule has 0 amide bonds. The van der Waals surface area contributed by atoms with Crippen LogP contribution in [-0.2, 0) is 0 Å². The van der Waals surface area contributed by atoms with Gasteiger partial charge in [-0.2, -0.15) is 4.98 Å². The van der Waals surface area contributed by atoms with Gasteiger partial charge >= 0.3 is 5.69 Å². The second-order valence-electron chi connectivity index (χ2n) is 5.58. The summed E-state index contributed by atoms with van der Waals surface area (Å²) in [6, 6.07) is 0.215. The lowest BCUT2D eigenvalue weighted by Crippen LogP contribution is -2.21. The highest BCUT2D eigenvalue weighted by Crippen LogP contribution is 2.30. The molecule has 110 valence electrons. The van der Waals surface area contributed by atoms with Gasteiger partial charge in [0.15, 0.2) is 0 Å². The Kier molecular flexibility index (Phi) is 4.36. The number of hydrogen-bond acceptors (Lipinski definition) is 6. The Morgan fingerprint density at radius 2 is 2.05 bits per heavy atom. The highest BCUT2D eigenvalue weighted by atomic mass is 16.6. The van der Waals surface area contributed by atoms with Gasteiger partial charge in [0.2, 0.25) is 11.8 Å². The first-order valence-electron chi connectivity index (χ1n) is 7.02. The summed E-state index contributed by atoms with van der Waals surface area (Å²) in [7, 11) is 0. The number of nitro groups is 1. The summed E-state index contributed by atoms with van der Waals surface area (Å²) in [6.07, 6.45) is 5.48. The average molecular weight is 279 g/mol. The topological polar surface area (TPSA) is 107 Å². The molecule has 1 fully saturated rings. The zero-order chi connectivity index (χ0) is 14.7. The Bertz CT molecular complexity index is 506. The predicted molar refractivity (Wildman–Crippen MR) is 77.5 cm³/mol. The second kappa shape index (κ2) is 6.02. The number of anilines is 2. The van der Waals surface area contributed by atoms with Crippen LogP contribution in [0.5, 0.6) is 0 Å². The van der Waals surface area contributed by atoms with Crippen LogP contribution in [0.4, 0.5) is 17.5 Å². The van der Waals surface area contributed by atoms with Crippen LogP contribution in [-0.4, -0.2) is 20.9 Å². The van der Waals surface area contributed by atoms with Gasteiger partial charge in [0.25, 0.3) is 0 Å². The monoisotopic (exact) mass is 279 g/mol. The predicted octanol–water partition coefficient (Wildman–Crippen LogP) is 2.66. The third-order valence-corrected chi connectivity index (χ3v) is 3.86. The number of rotatable bonds is 3. The van der Waals surface area contributed by atoms with Crippen LogP contribution in [0.25, 0.3) is 0 Å². The summed E-state index contributed by atoms with van der Waals surface area (Å²) >= 11 is 0. The largest absolute Gasteiger partial charge is 0.368 e. The summed E-state index contributed by atoms with van der Waals surface area (Å²) in [6.45, 7) is 3.83. The Morgan fingerprint density at radius 1 is 1.30 bits per heavy atom. The lowest BCUT2D eigenvalue weighted by molar-refractivity contribution is -0.385. The number of aromatic nitrogens is 2. The van der Waals surface area contributed by atoms with Crippen LogP contribution in [0.15, 0.2) is 0 Å². The van der Waals surface area contributed by atoms with Crippen LogP contribution < -0.4 is 11.1 Å². The van der Waals surface area contributed by atoms with Gasteiger partial charge in [0, 0.05) is 6.04 Å². The molecule has 0 spiro atoms. The minimum Gasteiger partial charge on any atom is -0.368 e. The van der Waals surface area contributed by atoms with E-state index in [1.165, 1.54) is 6.42 Å². The molecule has 1 aromatic rings. The van der Waals surface area contributed by atoms with E-state index in [4.69, 9.17) is 5.73 Å². The summed E-state index contributed by atoms with van der Waals surface area (Å²) in [5, 5.41) is 14.4. The minimum atomic E-state index is -0.448. The van der Waals surface area contributed by atoms with Gasteiger partial charge < -0.3 is 11.1 Å². The smallest absolute Gasteiger partial charge is 0.332 e. The van der Waals surface area contributed by atoms with Gasteiger partial charge in [-0.15, -0.1) is 0 Å². The van der Waals surface area contributed by atoms with E-state index in [0.29, 0.717) is 11.6 Å². The molecular weight excluding hydrogens is 258 g/mol. The molecular formula is C13H21N5O2. The molecule has 1 aliphatic carbocycles. The van der Waals surface area contributed by atoms with Crippen molar-refractivity contribution in [2.24, 2.45) is 5.92 Å². The maximum Gasteiger partial charge on any atom is 0.332 e. The molecule has 0 radical (unpaired) electrons. The molecule has 1 aromatic heterocycles. The Morgan fingerprint density at radius 3 is 2.75 bits per heavy atom. The molecule has 0 aliphatic heterocycles. The molecule has 3 N–H and O–H groups in total. The van der Waals surface area contributed by atoms with E-state index >= 15 is 0 Å². The molecule has 2 atom stereocenters. The zero-order valence-electron chi connectivity index (χ0n) is 11.9. The van der Waals surface area contributed by atoms with Crippen molar-refractivity contribution in [2.45, 2.75) is 52.0 Å². The third kappa shape index (κ3) is 3.34. The van der Waals surface area contributed by atoms with E-state index in [-0.39, 0.29) is 23.5 Å². The molecule has 0 aromatic carbocycles. The quantitative estimate of drug-likeness (QED) is 0.500. The molecule has 7 nitrogen and oxygen atoms in total. The highest BCUT2D eigenvalue weighted by Gasteiger charge is 2.24. The van der Waals surface area contributed by atoms with Gasteiger partial charge in [-0.05, 0) is 32.1 Å². The second-order valence-corrected chi connectivity index (χ2v) is 5.58. The van der Waals surface area contributed by atoms with Crippen molar-refractivity contribution in [1.82, 2.24) is 9.97 Å². The standard InChI is InChI=1S/C13H21N5O2/c1-8-4-3-5-10(7-6-8)16-12-11(18(19)20)9(2)15-13(14)17-12/h8,10H,3-7H2,1-2H3,(H3,14,15,16,17). The first kappa shape index (κ1) is 14.5. The normalized spacial score (nSPS) is 23.1. The SMILES string of the molecule is Cc1nc(N)nc(NC2CCCC(C)CC2)c1[N+](=O)[O-]. The van der Waals surface area contributed by atoms with E-state index in [1.54, 1.807) is 6.92 Å². The molecule has 1 saturated carbocycles. The van der Waals surface area contributed by atoms with Crippen molar-refractivity contribution < 1.29 is 4.92 Å². The molecule has 20 heavy (non-hydrogen) atoms. The fourth-order valence-corrected chi connectivity index (χ4v) is 2.73. The molecule has 0 bridgehead atoms. The summed E-state index contributed by atoms with van der Waals surface area (Å²) < 4.78 is 0. The van der Waals surface area contributed by atoms with E-state index in [9.17, 15) is 10.1 Å². The Balaban J connectivity index is 2.21. The van der Waals surface area contributed by atoms with Crippen LogP contribution in [0.1, 0.15) is 44.7 Å². The van der Waals surface area contributed by atoms with Crippen LogP contribution >= 0.6 is 0 Å². The van der Waals surface area contributed by atoms with Crippen molar-refractivity contribution in [1.29, 1.82) is 0 Å². The third-order valence-electron chi connectivity index (χ3n) is 3.86. The van der Waals surface area contributed by atoms with Gasteiger partial charge in [0.1, 0.15) is 5.69 Å². The molecule has 2 unspecified atom stereocenters. The summed E-state index contributed by atoms with van der Waals surface area (Å²) in [5.41, 5.74) is 5.83. The van der Waals surface area contributed by atoms with Gasteiger partial charge in [-0.3, -0.25) is 10.1 Å².